The molecule has 0 atom stereocenters. The second kappa shape index (κ2) is 18.6. The Hall–Kier alpha value is -11.3. The van der Waals surface area contributed by atoms with Crippen molar-refractivity contribution in [1.29, 1.82) is 0 Å². The van der Waals surface area contributed by atoms with Crippen LogP contribution in [-0.4, -0.2) is 28.7 Å². The number of aromatic nitrogens is 6. The van der Waals surface area contributed by atoms with Crippen molar-refractivity contribution in [2.24, 2.45) is 0 Å². The Balaban J connectivity index is 0.989. The maximum Gasteiger partial charge on any atom is 0.241 e. The predicted molar refractivity (Wildman–Crippen MR) is 349 cm³/mol. The molecule has 7 aromatic heterocycles. The number of aryl methyl sites for hydroxylation is 2. The molecule has 0 unspecified atom stereocenters. The number of furan rings is 3. The van der Waals surface area contributed by atoms with Crippen molar-refractivity contribution in [3.8, 4) is 51.2 Å². The first-order chi connectivity index (χ1) is 41.9. The maximum absolute atomic E-state index is 6.49. The van der Waals surface area contributed by atoms with E-state index >= 15 is 0 Å². The number of fused-ring (bicyclic) bond motifs is 14. The van der Waals surface area contributed by atoms with Crippen molar-refractivity contribution in [3.63, 3.8) is 0 Å². The Labute approximate surface area is 486 Å². The van der Waals surface area contributed by atoms with Crippen molar-refractivity contribution in [2.75, 3.05) is 0 Å². The number of hydrogen-bond acceptors (Lipinski definition) is 6. The Morgan fingerprint density at radius 2 is 0.729 bits per heavy atom. The summed E-state index contributed by atoms with van der Waals surface area (Å²) in [6.45, 7) is 10.4. The lowest BCUT2D eigenvalue weighted by Crippen LogP contribution is -2.14. The van der Waals surface area contributed by atoms with Gasteiger partial charge < -0.3 is 13.3 Å². The highest BCUT2D eigenvalue weighted by molar-refractivity contribution is 6.22. The van der Waals surface area contributed by atoms with Gasteiger partial charge in [-0.3, -0.25) is 13.7 Å². The summed E-state index contributed by atoms with van der Waals surface area (Å²) in [6, 6.07) is 72.4. The zero-order chi connectivity index (χ0) is 56.6. The van der Waals surface area contributed by atoms with E-state index in [0.29, 0.717) is 17.8 Å². The van der Waals surface area contributed by atoms with Gasteiger partial charge in [0.1, 0.15) is 33.7 Å². The van der Waals surface area contributed by atoms with Crippen LogP contribution in [0.4, 0.5) is 0 Å². The average molecular weight is 1100 g/mol. The van der Waals surface area contributed by atoms with E-state index < -0.39 is 0 Å². The lowest BCUT2D eigenvalue weighted by atomic mass is 9.94. The fourth-order valence-electron chi connectivity index (χ4n) is 13.8. The van der Waals surface area contributed by atoms with Gasteiger partial charge >= 0.3 is 0 Å². The summed E-state index contributed by atoms with van der Waals surface area (Å²) in [5.74, 6) is 2.23. The third kappa shape index (κ3) is 7.01. The van der Waals surface area contributed by atoms with E-state index in [4.69, 9.17) is 28.2 Å². The highest BCUT2D eigenvalue weighted by Crippen LogP contribution is 2.47. The molecule has 0 aliphatic rings. The van der Waals surface area contributed by atoms with Gasteiger partial charge in [-0.1, -0.05) is 176 Å². The molecule has 0 bridgehead atoms. The molecule has 0 aliphatic carbocycles. The number of nitrogens with zero attached hydrogens (tertiary/aromatic N) is 6. The molecule has 0 fully saturated rings. The molecular formula is C76H50N6O3. The van der Waals surface area contributed by atoms with Crippen LogP contribution in [0.1, 0.15) is 29.5 Å². The second-order valence-corrected chi connectivity index (χ2v) is 21.8. The summed E-state index contributed by atoms with van der Waals surface area (Å²) in [6.07, 6.45) is 10.1. The third-order valence-corrected chi connectivity index (χ3v) is 17.2. The van der Waals surface area contributed by atoms with Gasteiger partial charge in [0, 0.05) is 59.4 Å². The van der Waals surface area contributed by atoms with Gasteiger partial charge in [-0.25, -0.2) is 0 Å². The quantitative estimate of drug-likeness (QED) is 0.134. The Bertz CT molecular complexity index is 5750. The SMILES string of the molecule is C=C/C=C\c1c(C)c2c(-c3cccc4oc5ccccc5c34)cccc2n1-c1nc(-n2c3ccccc3c3c(-c4cccc5oc(C)c(/C=C\C)c45)cccc32)nc(-n2c3ccccc3c3c(-c4cccc5oc6ccccc6c45)cccc32)n1. The van der Waals surface area contributed by atoms with E-state index in [1.165, 1.54) is 0 Å². The van der Waals surface area contributed by atoms with Crippen molar-refractivity contribution >= 4 is 122 Å². The Morgan fingerprint density at radius 3 is 1.22 bits per heavy atom. The molecular weight excluding hydrogens is 1040 g/mol. The van der Waals surface area contributed by atoms with Gasteiger partial charge in [-0.05, 0) is 126 Å². The zero-order valence-electron chi connectivity index (χ0n) is 46.6. The van der Waals surface area contributed by atoms with Gasteiger partial charge in [0.15, 0.2) is 0 Å². The fraction of sp³-hybridized carbons (Fsp3) is 0.0395. The number of allylic oxidation sites excluding steroid dienone is 3. The van der Waals surface area contributed by atoms with Crippen LogP contribution in [0.2, 0.25) is 0 Å². The Morgan fingerprint density at radius 1 is 0.353 bits per heavy atom. The van der Waals surface area contributed by atoms with Crippen LogP contribution >= 0.6 is 0 Å². The van der Waals surface area contributed by atoms with Crippen molar-refractivity contribution in [2.45, 2.75) is 20.8 Å². The topological polar surface area (TPSA) is 92.9 Å². The van der Waals surface area contributed by atoms with Gasteiger partial charge in [0.2, 0.25) is 17.8 Å². The van der Waals surface area contributed by atoms with E-state index in [2.05, 4.69) is 227 Å². The second-order valence-electron chi connectivity index (χ2n) is 21.8. The molecule has 0 radical (unpaired) electrons. The van der Waals surface area contributed by atoms with Crippen LogP contribution in [-0.2, 0) is 0 Å². The zero-order valence-corrected chi connectivity index (χ0v) is 46.6. The molecule has 0 aliphatic heterocycles. The molecule has 17 aromatic rings. The smallest absolute Gasteiger partial charge is 0.241 e. The molecule has 9 nitrogen and oxygen atoms in total. The van der Waals surface area contributed by atoms with Crippen LogP contribution < -0.4 is 0 Å². The summed E-state index contributed by atoms with van der Waals surface area (Å²) in [5, 5.41) is 10.7. The molecule has 9 heteroatoms. The molecule has 0 spiro atoms. The van der Waals surface area contributed by atoms with Gasteiger partial charge in [0.25, 0.3) is 0 Å². The lowest BCUT2D eigenvalue weighted by molar-refractivity contribution is 0.577. The van der Waals surface area contributed by atoms with Crippen LogP contribution in [0, 0.1) is 13.8 Å². The fourth-order valence-corrected chi connectivity index (χ4v) is 13.8. The predicted octanol–water partition coefficient (Wildman–Crippen LogP) is 20.4. The van der Waals surface area contributed by atoms with E-state index in [9.17, 15) is 0 Å². The summed E-state index contributed by atoms with van der Waals surface area (Å²) in [5.41, 5.74) is 18.4. The van der Waals surface area contributed by atoms with Crippen molar-refractivity contribution in [1.82, 2.24) is 28.7 Å². The minimum atomic E-state index is 0.444. The molecule has 402 valence electrons. The molecule has 10 aromatic carbocycles. The molecule has 17 rings (SSSR count). The maximum atomic E-state index is 6.49. The standard InChI is InChI=1S/C76H50N6O3/c1-5-7-33-57-44(3)68-47(50-30-20-42-66-72(50)55-25-10-14-39-63(55)84-66)27-16-36-60(68)80(57)74-77-75(81-58-34-12-8-23-53(58)69-48(28-17-37-61(69)81)51-31-19-41-65-71(51)46(22-6-2)45(4)83-65)79-76(78-74)82-59-35-13-9-24-54(59)70-49(29-18-38-62(70)82)52-32-21-43-67-73(52)56-26-11-15-40-64(56)85-67/h5-43H,1H2,2-4H3/b22-6-,33-7-. The highest BCUT2D eigenvalue weighted by Gasteiger charge is 2.28. The first kappa shape index (κ1) is 48.4. The minimum Gasteiger partial charge on any atom is -0.461 e. The number of benzene rings is 10. The monoisotopic (exact) mass is 1090 g/mol. The molecule has 0 saturated heterocycles. The lowest BCUT2D eigenvalue weighted by Gasteiger charge is -2.15. The van der Waals surface area contributed by atoms with Crippen LogP contribution in [0.25, 0.3) is 173 Å². The van der Waals surface area contributed by atoms with Crippen molar-refractivity contribution < 1.29 is 13.3 Å². The summed E-state index contributed by atoms with van der Waals surface area (Å²) in [7, 11) is 0. The van der Waals surface area contributed by atoms with E-state index in [1.807, 2.05) is 50.3 Å². The molecule has 0 saturated carbocycles. The minimum absolute atomic E-state index is 0.444. The van der Waals surface area contributed by atoms with Crippen molar-refractivity contribution in [3.05, 3.63) is 254 Å². The largest absolute Gasteiger partial charge is 0.461 e. The summed E-state index contributed by atoms with van der Waals surface area (Å²) in [4.78, 5) is 17.2. The van der Waals surface area contributed by atoms with Gasteiger partial charge in [-0.15, -0.1) is 0 Å². The van der Waals surface area contributed by atoms with Gasteiger partial charge in [0.05, 0.1) is 33.3 Å². The number of para-hydroxylation sites is 4. The van der Waals surface area contributed by atoms with E-state index in [1.54, 1.807) is 0 Å². The number of rotatable bonds is 9. The number of hydrogen-bond donors (Lipinski definition) is 0. The first-order valence-corrected chi connectivity index (χ1v) is 28.7. The molecule has 0 N–H and O–H groups in total. The average Bonchev–Trinajstić information content (AvgIpc) is 1.79. The van der Waals surface area contributed by atoms with E-state index in [0.717, 1.165) is 165 Å². The van der Waals surface area contributed by atoms with E-state index in [-0.39, 0.29) is 0 Å². The molecule has 0 amide bonds. The highest BCUT2D eigenvalue weighted by atomic mass is 16.3. The Kier molecular flexibility index (Phi) is 10.6. The summed E-state index contributed by atoms with van der Waals surface area (Å²) < 4.78 is 26.1. The molecule has 85 heavy (non-hydrogen) atoms. The van der Waals surface area contributed by atoms with Gasteiger partial charge in [-0.2, -0.15) is 15.0 Å². The van der Waals surface area contributed by atoms with Crippen LogP contribution in [0.3, 0.4) is 0 Å². The van der Waals surface area contributed by atoms with Crippen LogP contribution in [0.5, 0.6) is 0 Å². The normalized spacial score (nSPS) is 12.4. The third-order valence-electron chi connectivity index (χ3n) is 17.2. The summed E-state index contributed by atoms with van der Waals surface area (Å²) >= 11 is 0. The molecule has 7 heterocycles. The van der Waals surface area contributed by atoms with Crippen LogP contribution in [0.15, 0.2) is 244 Å². The first-order valence-electron chi connectivity index (χ1n) is 28.7.